The van der Waals surface area contributed by atoms with Gasteiger partial charge in [0, 0.05) is 36.2 Å². The normalized spacial score (nSPS) is 11.6. The third-order valence-electron chi connectivity index (χ3n) is 5.48. The maximum absolute atomic E-state index is 12.5. The van der Waals surface area contributed by atoms with E-state index in [4.69, 9.17) is 24.7 Å². The zero-order valence-electron chi connectivity index (χ0n) is 23.0. The maximum Gasteiger partial charge on any atom is 0.407 e. The molecule has 0 spiro atoms. The number of nitrogens with one attached hydrogen (secondary N) is 2. The van der Waals surface area contributed by atoms with Crippen LogP contribution in [0.1, 0.15) is 40.9 Å². The number of thiophene rings is 1. The second-order valence-corrected chi connectivity index (χ2v) is 11.0. The van der Waals surface area contributed by atoms with Gasteiger partial charge in [-0.25, -0.2) is 4.79 Å². The molecular weight excluding hydrogens is 520 g/mol. The number of nitrogens with two attached hydrogens (primary N) is 1. The molecule has 0 saturated carbocycles. The van der Waals surface area contributed by atoms with Crippen LogP contribution in [0.5, 0.6) is 0 Å². The summed E-state index contributed by atoms with van der Waals surface area (Å²) in [6.07, 6.45) is 1.60. The fourth-order valence-corrected chi connectivity index (χ4v) is 4.58. The third-order valence-corrected chi connectivity index (χ3v) is 6.54. The van der Waals surface area contributed by atoms with Crippen LogP contribution in [-0.4, -0.2) is 74.9 Å². The van der Waals surface area contributed by atoms with Gasteiger partial charge >= 0.3 is 6.09 Å². The third kappa shape index (κ3) is 11.0. The molecule has 0 aliphatic carbocycles. The van der Waals surface area contributed by atoms with Gasteiger partial charge in [-0.05, 0) is 56.0 Å². The van der Waals surface area contributed by atoms with E-state index in [9.17, 15) is 9.59 Å². The number of ether oxygens (including phenoxy) is 4. The highest BCUT2D eigenvalue weighted by Crippen LogP contribution is 2.22. The van der Waals surface area contributed by atoms with Crippen LogP contribution >= 0.6 is 11.3 Å². The monoisotopic (exact) mass is 560 g/mol. The van der Waals surface area contributed by atoms with Crippen molar-refractivity contribution in [3.63, 3.8) is 0 Å². The van der Waals surface area contributed by atoms with Crippen molar-refractivity contribution in [3.8, 4) is 0 Å². The van der Waals surface area contributed by atoms with Gasteiger partial charge in [0.25, 0.3) is 5.91 Å². The summed E-state index contributed by atoms with van der Waals surface area (Å²) in [6, 6.07) is 12.2. The van der Waals surface area contributed by atoms with Crippen LogP contribution in [0, 0.1) is 0 Å². The average Bonchev–Trinajstić information content (AvgIpc) is 3.53. The number of carbonyl (C=O) groups excluding carboxylic acids is 2. The fourth-order valence-electron chi connectivity index (χ4n) is 3.65. The molecule has 10 nitrogen and oxygen atoms in total. The first-order chi connectivity index (χ1) is 18.7. The van der Waals surface area contributed by atoms with Crippen LogP contribution in [0.2, 0.25) is 0 Å². The van der Waals surface area contributed by atoms with Gasteiger partial charge in [0.15, 0.2) is 0 Å². The molecule has 214 valence electrons. The smallest absolute Gasteiger partial charge is 0.407 e. The second kappa shape index (κ2) is 15.6. The van der Waals surface area contributed by atoms with Gasteiger partial charge < -0.3 is 39.9 Å². The molecule has 0 radical (unpaired) electrons. The Hall–Kier alpha value is -2.96. The zero-order chi connectivity index (χ0) is 28.1. The van der Waals surface area contributed by atoms with Crippen molar-refractivity contribution >= 4 is 34.2 Å². The first-order valence-corrected chi connectivity index (χ1v) is 13.9. The second-order valence-electron chi connectivity index (χ2n) is 9.83. The molecule has 4 N–H and O–H groups in total. The first-order valence-electron chi connectivity index (χ1n) is 13.1. The first kappa shape index (κ1) is 30.6. The Morgan fingerprint density at radius 2 is 1.56 bits per heavy atom. The highest BCUT2D eigenvalue weighted by molar-refractivity contribution is 7.14. The SMILES string of the molecule is CC(C)(C)OC(=O)NCCOCCOCCOCCNC(=O)c1ccc(Cn2ccc3ccc(CN)cc32)s1. The van der Waals surface area contributed by atoms with Crippen LogP contribution in [0.4, 0.5) is 4.79 Å². The number of benzene rings is 1. The quantitative estimate of drug-likeness (QED) is 0.229. The molecule has 2 heterocycles. The maximum atomic E-state index is 12.5. The van der Waals surface area contributed by atoms with E-state index >= 15 is 0 Å². The van der Waals surface area contributed by atoms with Gasteiger partial charge in [-0.2, -0.15) is 0 Å². The van der Waals surface area contributed by atoms with Gasteiger partial charge in [0.1, 0.15) is 5.60 Å². The van der Waals surface area contributed by atoms with E-state index < -0.39 is 11.7 Å². The Morgan fingerprint density at radius 1 is 0.897 bits per heavy atom. The highest BCUT2D eigenvalue weighted by atomic mass is 32.1. The van der Waals surface area contributed by atoms with Crippen molar-refractivity contribution in [2.75, 3.05) is 52.7 Å². The van der Waals surface area contributed by atoms with E-state index in [-0.39, 0.29) is 5.91 Å². The molecule has 3 rings (SSSR count). The number of amides is 2. The number of fused-ring (bicyclic) bond motifs is 1. The number of rotatable bonds is 16. The predicted molar refractivity (Wildman–Crippen MR) is 152 cm³/mol. The van der Waals surface area contributed by atoms with E-state index in [1.807, 2.05) is 39.0 Å². The molecule has 2 aromatic heterocycles. The van der Waals surface area contributed by atoms with Crippen molar-refractivity contribution < 1.29 is 28.5 Å². The van der Waals surface area contributed by atoms with Crippen LogP contribution < -0.4 is 16.4 Å². The minimum atomic E-state index is -0.517. The number of hydrogen-bond donors (Lipinski definition) is 3. The molecule has 0 fully saturated rings. The van der Waals surface area contributed by atoms with Crippen molar-refractivity contribution in [2.45, 2.75) is 39.5 Å². The molecule has 0 atom stereocenters. The Morgan fingerprint density at radius 3 is 2.23 bits per heavy atom. The van der Waals surface area contributed by atoms with E-state index in [0.717, 1.165) is 16.0 Å². The Bertz CT molecular complexity index is 1190. The summed E-state index contributed by atoms with van der Waals surface area (Å²) in [5.41, 5.74) is 7.50. The van der Waals surface area contributed by atoms with Gasteiger partial charge in [0.2, 0.25) is 0 Å². The number of carbonyl (C=O) groups is 2. The van der Waals surface area contributed by atoms with Crippen LogP contribution in [0.25, 0.3) is 10.9 Å². The summed E-state index contributed by atoms with van der Waals surface area (Å²) in [5, 5.41) is 6.69. The summed E-state index contributed by atoms with van der Waals surface area (Å²) >= 11 is 1.49. The van der Waals surface area contributed by atoms with Crippen molar-refractivity contribution in [3.05, 3.63) is 57.9 Å². The lowest BCUT2D eigenvalue weighted by atomic mass is 10.1. The molecule has 3 aromatic rings. The van der Waals surface area contributed by atoms with Gasteiger partial charge in [-0.3, -0.25) is 4.79 Å². The van der Waals surface area contributed by atoms with Crippen LogP contribution in [-0.2, 0) is 32.0 Å². The summed E-state index contributed by atoms with van der Waals surface area (Å²) in [7, 11) is 0. The molecule has 0 aliphatic heterocycles. The molecule has 1 aromatic carbocycles. The topological polar surface area (TPSA) is 126 Å². The molecule has 39 heavy (non-hydrogen) atoms. The van der Waals surface area contributed by atoms with Gasteiger partial charge in [-0.15, -0.1) is 11.3 Å². The molecule has 0 saturated heterocycles. The highest BCUT2D eigenvalue weighted by Gasteiger charge is 2.15. The number of alkyl carbamates (subject to hydrolysis) is 1. The average molecular weight is 561 g/mol. The van der Waals surface area contributed by atoms with E-state index in [2.05, 4.69) is 39.6 Å². The largest absolute Gasteiger partial charge is 0.444 e. The summed E-state index contributed by atoms with van der Waals surface area (Å²) in [6.45, 7) is 9.93. The zero-order valence-corrected chi connectivity index (χ0v) is 23.8. The molecular formula is C28H40N4O6S. The molecule has 0 unspecified atom stereocenters. The minimum absolute atomic E-state index is 0.104. The van der Waals surface area contributed by atoms with Gasteiger partial charge in [0.05, 0.1) is 51.1 Å². The number of nitrogens with zero attached hydrogens (tertiary/aromatic N) is 1. The van der Waals surface area contributed by atoms with E-state index in [0.29, 0.717) is 70.7 Å². The Labute approximate surface area is 233 Å². The lowest BCUT2D eigenvalue weighted by molar-refractivity contribution is 0.0146. The Balaban J connectivity index is 1.20. The standard InChI is InChI=1S/C28H40N4O6S/c1-28(2,3)38-27(34)31-10-13-36-15-17-37-16-14-35-12-9-30-26(33)25-7-6-23(39-25)20-32-11-8-22-5-4-21(19-29)18-24(22)32/h4-8,11,18H,9-10,12-17,19-20,29H2,1-3H3,(H,30,33)(H,31,34). The predicted octanol–water partition coefficient (Wildman–Crippen LogP) is 3.51. The summed E-state index contributed by atoms with van der Waals surface area (Å²) in [4.78, 5) is 25.8. The van der Waals surface area contributed by atoms with Crippen molar-refractivity contribution in [2.24, 2.45) is 5.73 Å². The van der Waals surface area contributed by atoms with E-state index in [1.54, 1.807) is 0 Å². The Kier molecular flexibility index (Phi) is 12.2. The number of aromatic nitrogens is 1. The van der Waals surface area contributed by atoms with Crippen molar-refractivity contribution in [1.29, 1.82) is 0 Å². The minimum Gasteiger partial charge on any atom is -0.444 e. The van der Waals surface area contributed by atoms with Crippen LogP contribution in [0.15, 0.2) is 42.6 Å². The molecule has 2 amide bonds. The summed E-state index contributed by atoms with van der Waals surface area (Å²) in [5.74, 6) is -0.104. The molecule has 0 bridgehead atoms. The number of hydrogen-bond acceptors (Lipinski definition) is 8. The van der Waals surface area contributed by atoms with Gasteiger partial charge in [-0.1, -0.05) is 12.1 Å². The summed E-state index contributed by atoms with van der Waals surface area (Å²) < 4.78 is 23.7. The molecule has 0 aliphatic rings. The van der Waals surface area contributed by atoms with E-state index in [1.165, 1.54) is 16.7 Å². The molecule has 11 heteroatoms. The lowest BCUT2D eigenvalue weighted by Crippen LogP contribution is -2.34. The fraction of sp³-hybridized carbons (Fsp3) is 0.500. The van der Waals surface area contributed by atoms with Crippen molar-refractivity contribution in [1.82, 2.24) is 15.2 Å². The van der Waals surface area contributed by atoms with Crippen LogP contribution in [0.3, 0.4) is 0 Å². The lowest BCUT2D eigenvalue weighted by Gasteiger charge is -2.19.